The third-order valence-corrected chi connectivity index (χ3v) is 4.84. The Morgan fingerprint density at radius 1 is 1.32 bits per heavy atom. The molecule has 0 spiro atoms. The van der Waals surface area contributed by atoms with Crippen LogP contribution in [0.3, 0.4) is 0 Å². The number of rotatable bonds is 6. The number of aromatic nitrogens is 2. The first-order valence-electron chi connectivity index (χ1n) is 8.97. The molecule has 1 heterocycles. The van der Waals surface area contributed by atoms with E-state index in [9.17, 15) is 9.90 Å². The Hall–Kier alpha value is -2.14. The standard InChI is InChI=1S/C20H27N3O2/c1-13(2)19-17(20(25)22(4)12-18(24)15-7-8-15)11-21-23(19)16-9-5-14(3)6-10-16/h5-6,9-11,13,15,18,24H,7-8,12H2,1-4H3. The van der Waals surface area contributed by atoms with Crippen molar-refractivity contribution in [2.24, 2.45) is 5.92 Å². The van der Waals surface area contributed by atoms with Gasteiger partial charge in [0.15, 0.2) is 0 Å². The van der Waals surface area contributed by atoms with E-state index in [1.807, 2.05) is 35.9 Å². The van der Waals surface area contributed by atoms with Gasteiger partial charge in [0, 0.05) is 13.6 Å². The molecule has 1 saturated carbocycles. The van der Waals surface area contributed by atoms with E-state index in [4.69, 9.17) is 0 Å². The zero-order chi connectivity index (χ0) is 18.1. The van der Waals surface area contributed by atoms with Crippen LogP contribution < -0.4 is 0 Å². The molecule has 0 radical (unpaired) electrons. The van der Waals surface area contributed by atoms with Gasteiger partial charge in [0.1, 0.15) is 0 Å². The van der Waals surface area contributed by atoms with Crippen molar-refractivity contribution in [3.8, 4) is 5.69 Å². The third kappa shape index (κ3) is 3.76. The van der Waals surface area contributed by atoms with Crippen LogP contribution in [-0.2, 0) is 0 Å². The van der Waals surface area contributed by atoms with Crippen molar-refractivity contribution in [2.75, 3.05) is 13.6 Å². The van der Waals surface area contributed by atoms with E-state index in [1.54, 1.807) is 18.1 Å². The summed E-state index contributed by atoms with van der Waals surface area (Å²) in [4.78, 5) is 14.5. The first kappa shape index (κ1) is 17.7. The SMILES string of the molecule is Cc1ccc(-n2ncc(C(=O)N(C)CC(O)C3CC3)c2C(C)C)cc1. The van der Waals surface area contributed by atoms with Gasteiger partial charge in [-0.2, -0.15) is 5.10 Å². The van der Waals surface area contributed by atoms with Crippen LogP contribution in [0.2, 0.25) is 0 Å². The number of aryl methyl sites for hydroxylation is 1. The smallest absolute Gasteiger partial charge is 0.257 e. The fraction of sp³-hybridized carbons (Fsp3) is 0.500. The molecule has 1 aliphatic rings. The lowest BCUT2D eigenvalue weighted by atomic mass is 10.0. The summed E-state index contributed by atoms with van der Waals surface area (Å²) < 4.78 is 1.85. The molecule has 1 unspecified atom stereocenters. The van der Waals surface area contributed by atoms with E-state index in [0.717, 1.165) is 24.2 Å². The molecule has 1 atom stereocenters. The third-order valence-electron chi connectivity index (χ3n) is 4.84. The second-order valence-electron chi connectivity index (χ2n) is 7.44. The minimum absolute atomic E-state index is 0.0817. The van der Waals surface area contributed by atoms with E-state index in [-0.39, 0.29) is 11.8 Å². The molecule has 1 aliphatic carbocycles. The van der Waals surface area contributed by atoms with Gasteiger partial charge in [-0.15, -0.1) is 0 Å². The summed E-state index contributed by atoms with van der Waals surface area (Å²) in [5, 5.41) is 14.6. The van der Waals surface area contributed by atoms with Gasteiger partial charge in [-0.05, 0) is 43.7 Å². The zero-order valence-electron chi connectivity index (χ0n) is 15.4. The lowest BCUT2D eigenvalue weighted by Crippen LogP contribution is -2.35. The van der Waals surface area contributed by atoms with E-state index >= 15 is 0 Å². The summed E-state index contributed by atoms with van der Waals surface area (Å²) >= 11 is 0. The molecule has 134 valence electrons. The Morgan fingerprint density at radius 3 is 2.52 bits per heavy atom. The molecular formula is C20H27N3O2. The van der Waals surface area contributed by atoms with Crippen LogP contribution in [0.25, 0.3) is 5.69 Å². The topological polar surface area (TPSA) is 58.4 Å². The molecule has 2 aromatic rings. The molecule has 5 heteroatoms. The normalized spacial score (nSPS) is 15.4. The van der Waals surface area contributed by atoms with Crippen molar-refractivity contribution in [3.63, 3.8) is 0 Å². The maximum Gasteiger partial charge on any atom is 0.257 e. The van der Waals surface area contributed by atoms with Crippen LogP contribution in [0.4, 0.5) is 0 Å². The number of hydrogen-bond donors (Lipinski definition) is 1. The molecule has 25 heavy (non-hydrogen) atoms. The molecule has 0 bridgehead atoms. The number of nitrogens with zero attached hydrogens (tertiary/aromatic N) is 3. The molecule has 1 aromatic carbocycles. The first-order chi connectivity index (χ1) is 11.9. The van der Waals surface area contributed by atoms with Crippen LogP contribution in [0.1, 0.15) is 54.2 Å². The summed E-state index contributed by atoms with van der Waals surface area (Å²) in [5.74, 6) is 0.432. The van der Waals surface area contributed by atoms with Gasteiger partial charge < -0.3 is 10.0 Å². The lowest BCUT2D eigenvalue weighted by Gasteiger charge is -2.21. The second kappa shape index (κ2) is 7.00. The largest absolute Gasteiger partial charge is 0.391 e. The van der Waals surface area contributed by atoms with Crippen LogP contribution in [-0.4, -0.2) is 45.4 Å². The van der Waals surface area contributed by atoms with Crippen LogP contribution in [0.15, 0.2) is 30.5 Å². The number of benzene rings is 1. The zero-order valence-corrected chi connectivity index (χ0v) is 15.4. The van der Waals surface area contributed by atoms with Crippen LogP contribution in [0, 0.1) is 12.8 Å². The quantitative estimate of drug-likeness (QED) is 0.878. The average Bonchev–Trinajstić information content (AvgIpc) is 3.33. The highest BCUT2D eigenvalue weighted by Gasteiger charge is 2.32. The number of carbonyl (C=O) groups is 1. The van der Waals surface area contributed by atoms with Crippen LogP contribution in [0.5, 0.6) is 0 Å². The molecule has 0 aliphatic heterocycles. The molecule has 1 N–H and O–H groups in total. The van der Waals surface area contributed by atoms with Crippen molar-refractivity contribution < 1.29 is 9.90 Å². The van der Waals surface area contributed by atoms with E-state index in [0.29, 0.717) is 18.0 Å². The van der Waals surface area contributed by atoms with Crippen molar-refractivity contribution in [1.82, 2.24) is 14.7 Å². The number of amides is 1. The van der Waals surface area contributed by atoms with E-state index < -0.39 is 6.10 Å². The van der Waals surface area contributed by atoms with E-state index in [1.165, 1.54) is 5.56 Å². The number of aliphatic hydroxyl groups is 1. The summed E-state index contributed by atoms with van der Waals surface area (Å²) in [6.07, 6.45) is 3.35. The van der Waals surface area contributed by atoms with Gasteiger partial charge in [-0.25, -0.2) is 4.68 Å². The summed E-state index contributed by atoms with van der Waals surface area (Å²) in [5.41, 5.74) is 3.66. The van der Waals surface area contributed by atoms with Crippen molar-refractivity contribution >= 4 is 5.91 Å². The highest BCUT2D eigenvalue weighted by atomic mass is 16.3. The summed E-state index contributed by atoms with van der Waals surface area (Å²) in [6.45, 7) is 6.55. The molecule has 1 fully saturated rings. The maximum absolute atomic E-state index is 12.9. The van der Waals surface area contributed by atoms with Gasteiger partial charge in [0.05, 0.1) is 29.2 Å². The molecule has 1 aromatic heterocycles. The minimum Gasteiger partial charge on any atom is -0.391 e. The van der Waals surface area contributed by atoms with Gasteiger partial charge >= 0.3 is 0 Å². The molecule has 0 saturated heterocycles. The van der Waals surface area contributed by atoms with Crippen molar-refractivity contribution in [2.45, 2.75) is 45.6 Å². The van der Waals surface area contributed by atoms with Gasteiger partial charge in [0.2, 0.25) is 0 Å². The lowest BCUT2D eigenvalue weighted by molar-refractivity contribution is 0.0644. The van der Waals surface area contributed by atoms with Gasteiger partial charge in [-0.1, -0.05) is 31.5 Å². The van der Waals surface area contributed by atoms with Crippen molar-refractivity contribution in [3.05, 3.63) is 47.3 Å². The predicted octanol–water partition coefficient (Wildman–Crippen LogP) is 3.15. The first-order valence-corrected chi connectivity index (χ1v) is 8.97. The predicted molar refractivity (Wildman–Crippen MR) is 98.1 cm³/mol. The van der Waals surface area contributed by atoms with E-state index in [2.05, 4.69) is 18.9 Å². The van der Waals surface area contributed by atoms with Crippen molar-refractivity contribution in [1.29, 1.82) is 0 Å². The van der Waals surface area contributed by atoms with Gasteiger partial charge in [-0.3, -0.25) is 4.79 Å². The Balaban J connectivity index is 1.88. The molecule has 3 rings (SSSR count). The summed E-state index contributed by atoms with van der Waals surface area (Å²) in [7, 11) is 1.75. The highest BCUT2D eigenvalue weighted by molar-refractivity contribution is 5.95. The molecule has 1 amide bonds. The Labute approximate surface area is 149 Å². The average molecular weight is 341 g/mol. The monoisotopic (exact) mass is 341 g/mol. The Kier molecular flexibility index (Phi) is 4.95. The van der Waals surface area contributed by atoms with Gasteiger partial charge in [0.25, 0.3) is 5.91 Å². The minimum atomic E-state index is -0.427. The Bertz CT molecular complexity index is 745. The summed E-state index contributed by atoms with van der Waals surface area (Å²) in [6, 6.07) is 8.12. The number of likely N-dealkylation sites (N-methyl/N-ethyl adjacent to an activating group) is 1. The fourth-order valence-corrected chi connectivity index (χ4v) is 3.17. The van der Waals surface area contributed by atoms with Crippen LogP contribution >= 0.6 is 0 Å². The Morgan fingerprint density at radius 2 is 1.96 bits per heavy atom. The highest BCUT2D eigenvalue weighted by Crippen LogP contribution is 2.33. The number of carbonyl (C=O) groups excluding carboxylic acids is 1. The molecular weight excluding hydrogens is 314 g/mol. The number of aliphatic hydroxyl groups excluding tert-OH is 1. The maximum atomic E-state index is 12.9. The molecule has 5 nitrogen and oxygen atoms in total. The second-order valence-corrected chi connectivity index (χ2v) is 7.44. The fourth-order valence-electron chi connectivity index (χ4n) is 3.17. The number of hydrogen-bond acceptors (Lipinski definition) is 3.